The number of pyridine rings is 2. The minimum Gasteiger partial charge on any atom is -0.507 e. The number of carbonyl (C=O) groups is 1. The fourth-order valence-corrected chi connectivity index (χ4v) is 18.1. The highest BCUT2D eigenvalue weighted by Gasteiger charge is 2.65. The number of phenols is 3. The summed E-state index contributed by atoms with van der Waals surface area (Å²) in [7, 11) is -4.57. The zero-order chi connectivity index (χ0) is 73.7. The monoisotopic (exact) mass is 1390 g/mol. The molecule has 4 heterocycles. The Kier molecular flexibility index (Phi) is 17.7. The number of aromatic nitrogens is 2. The predicted molar refractivity (Wildman–Crippen MR) is 411 cm³/mol. The smallest absolute Gasteiger partial charge is 0.310 e. The van der Waals surface area contributed by atoms with Crippen molar-refractivity contribution in [2.24, 2.45) is 16.7 Å². The maximum atomic E-state index is 15.8. The van der Waals surface area contributed by atoms with Gasteiger partial charge in [-0.1, -0.05) is 236 Å². The molecule has 7 aromatic carbocycles. The van der Waals surface area contributed by atoms with Gasteiger partial charge in [0.15, 0.2) is 0 Å². The van der Waals surface area contributed by atoms with Crippen molar-refractivity contribution in [2.45, 2.75) is 242 Å². The van der Waals surface area contributed by atoms with Gasteiger partial charge in [0.1, 0.15) is 53.5 Å². The Bertz CT molecular complexity index is 5030. The lowest BCUT2D eigenvalue weighted by molar-refractivity contribution is -0.128. The van der Waals surface area contributed by atoms with Crippen LogP contribution in [0.3, 0.4) is 0 Å². The van der Waals surface area contributed by atoms with Crippen molar-refractivity contribution >= 4 is 37.7 Å². The molecule has 2 unspecified atom stereocenters. The van der Waals surface area contributed by atoms with E-state index in [0.29, 0.717) is 91.3 Å². The van der Waals surface area contributed by atoms with Gasteiger partial charge in [0, 0.05) is 66.8 Å². The van der Waals surface area contributed by atoms with Gasteiger partial charge in [0.05, 0.1) is 33.6 Å². The Morgan fingerprint density at radius 1 is 0.431 bits per heavy atom. The number of ether oxygens (including phenoxy) is 2. The lowest BCUT2D eigenvalue weighted by Gasteiger charge is -2.36. The van der Waals surface area contributed by atoms with Gasteiger partial charge < -0.3 is 29.0 Å². The Balaban J connectivity index is 1.18. The SMILES string of the molecule is CC(C)(C)c1cc2c(O)c(c1)Cc1cc(C(C)(C)C)cc3c1OCc1ccc4ccc5ccc(nc5c4n1)COc1c(cc(C(C)(C)C)cc1Cc1cc(C(C)(C)C)cc(c1OS(=O)(=O)CC14CCC(CC1=O)C4(C)C)Cc1cc(C(C)(C)C)cc(c1O)C3)Cc1cc(C(C)(C)C)cc(c1O)C2. The third kappa shape index (κ3) is 13.7. The molecule has 0 spiro atoms. The third-order valence-corrected chi connectivity index (χ3v) is 24.4. The molecule has 2 aromatic heterocycles. The van der Waals surface area contributed by atoms with Crippen molar-refractivity contribution in [1.82, 2.24) is 9.97 Å². The van der Waals surface area contributed by atoms with Crippen LogP contribution in [0.1, 0.15) is 269 Å². The highest BCUT2D eigenvalue weighted by molar-refractivity contribution is 7.87. The number of fused-ring (bicyclic) bond motifs is 12. The van der Waals surface area contributed by atoms with Crippen LogP contribution in [0, 0.1) is 16.7 Å². The molecule has 4 aliphatic rings. The molecule has 2 aliphatic carbocycles. The summed E-state index contributed by atoms with van der Waals surface area (Å²) in [6.45, 7) is 43.4. The van der Waals surface area contributed by atoms with Crippen LogP contribution in [-0.4, -0.2) is 45.2 Å². The van der Waals surface area contributed by atoms with Crippen molar-refractivity contribution in [2.75, 3.05) is 5.75 Å². The summed E-state index contributed by atoms with van der Waals surface area (Å²) in [5.74, 6) is 1.16. The molecule has 102 heavy (non-hydrogen) atoms. The average Bonchev–Trinajstić information content (AvgIpc) is 1.54. The van der Waals surface area contributed by atoms with Gasteiger partial charge in [-0.05, 0) is 158 Å². The van der Waals surface area contributed by atoms with E-state index in [9.17, 15) is 20.1 Å². The van der Waals surface area contributed by atoms with Crippen LogP contribution < -0.4 is 13.7 Å². The zero-order valence-corrected chi connectivity index (χ0v) is 64.9. The molecule has 16 bridgehead atoms. The summed E-state index contributed by atoms with van der Waals surface area (Å²) in [5, 5.41) is 41.8. The minimum absolute atomic E-state index is 0.0226. The molecular formula is C90H106N2O9S. The molecule has 3 N–H and O–H groups in total. The molecule has 2 aliphatic heterocycles. The number of nitrogens with zero attached hydrogens (tertiary/aromatic N) is 2. The van der Waals surface area contributed by atoms with Gasteiger partial charge in [0.25, 0.3) is 0 Å². The fraction of sp³-hybridized carbons (Fsp3) is 0.456. The van der Waals surface area contributed by atoms with Gasteiger partial charge in [-0.3, -0.25) is 4.79 Å². The van der Waals surface area contributed by atoms with Crippen LogP contribution in [0.15, 0.2) is 109 Å². The van der Waals surface area contributed by atoms with E-state index in [1.807, 2.05) is 12.1 Å². The number of hydrogen-bond acceptors (Lipinski definition) is 11. The van der Waals surface area contributed by atoms with Crippen molar-refractivity contribution in [3.05, 3.63) is 221 Å². The van der Waals surface area contributed by atoms with Gasteiger partial charge >= 0.3 is 10.1 Å². The first-order valence-corrected chi connectivity index (χ1v) is 38.4. The number of aromatic hydroxyl groups is 3. The van der Waals surface area contributed by atoms with Gasteiger partial charge in [0.2, 0.25) is 0 Å². The standard InChI is InChI=1S/C90H106N2O9S/c1-83(2,3)66-35-53-29-54-36-67(84(4,5)6)38-56(78(54)95)31-61-43-70(87(13,14)15)44-62-34-64-46-71(88(16,17)18)45-63(82(64)101-102(97,98)50-90-28-27-65(47-74(90)93)89(90,19)20)33-58-40-68(85(7,8)9)39-57(79(58)96)32-60-42-69(86(10,11)12)41-59(30-55(37-66)77(53)94)80(60)99-48-72-25-23-51-21-22-52-24-26-73(49-100-81(61)62)92-76(52)75(51)91-72/h21-26,35-46,65,94-96H,27-34,47-50H2,1-20H3. The van der Waals surface area contributed by atoms with Crippen molar-refractivity contribution < 1.29 is 42.2 Å². The summed E-state index contributed by atoms with van der Waals surface area (Å²) in [4.78, 5) is 25.2. The number of rotatable bonds is 4. The maximum absolute atomic E-state index is 15.8. The second-order valence-corrected chi connectivity index (χ2v) is 38.8. The fourth-order valence-electron chi connectivity index (χ4n) is 16.3. The van der Waals surface area contributed by atoms with E-state index in [-0.39, 0.29) is 103 Å². The van der Waals surface area contributed by atoms with E-state index in [1.54, 1.807) is 0 Å². The molecule has 13 rings (SSSR count). The second kappa shape index (κ2) is 25.0. The van der Waals surface area contributed by atoms with Crippen molar-refractivity contribution in [3.8, 4) is 34.5 Å². The minimum atomic E-state index is -4.57. The largest absolute Gasteiger partial charge is 0.507 e. The van der Waals surface area contributed by atoms with E-state index < -0.39 is 42.9 Å². The molecule has 11 nitrogen and oxygen atoms in total. The number of Topliss-reactive ketones (excluding diaryl/α,β-unsaturated/α-hetero) is 1. The number of hydrogen-bond donors (Lipinski definition) is 3. The van der Waals surface area contributed by atoms with Crippen LogP contribution in [0.25, 0.3) is 21.8 Å². The molecule has 2 fully saturated rings. The first kappa shape index (κ1) is 72.1. The molecule has 0 saturated heterocycles. The van der Waals surface area contributed by atoms with Crippen molar-refractivity contribution in [3.63, 3.8) is 0 Å². The number of ketones is 1. The number of benzene rings is 7. The lowest BCUT2D eigenvalue weighted by Crippen LogP contribution is -2.43. The quantitative estimate of drug-likeness (QED) is 0.113. The molecule has 536 valence electrons. The number of carbonyl (C=O) groups excluding carboxylic acids is 1. The van der Waals surface area contributed by atoms with Gasteiger partial charge in [-0.25, -0.2) is 9.97 Å². The highest BCUT2D eigenvalue weighted by atomic mass is 32.2. The summed E-state index contributed by atoms with van der Waals surface area (Å²) < 4.78 is 53.3. The molecular weight excluding hydrogens is 1290 g/mol. The van der Waals surface area contributed by atoms with E-state index in [0.717, 1.165) is 72.8 Å². The Morgan fingerprint density at radius 2 is 0.706 bits per heavy atom. The average molecular weight is 1390 g/mol. The van der Waals surface area contributed by atoms with E-state index in [4.69, 9.17) is 23.6 Å². The molecule has 0 amide bonds. The van der Waals surface area contributed by atoms with Crippen LogP contribution in [0.5, 0.6) is 34.5 Å². The van der Waals surface area contributed by atoms with E-state index >= 15 is 8.42 Å². The van der Waals surface area contributed by atoms with E-state index in [1.165, 1.54) is 0 Å². The molecule has 2 atom stereocenters. The van der Waals surface area contributed by atoms with Crippen LogP contribution >= 0.6 is 0 Å². The maximum Gasteiger partial charge on any atom is 0.310 e. The Morgan fingerprint density at radius 3 is 1.00 bits per heavy atom. The summed E-state index contributed by atoms with van der Waals surface area (Å²) in [5.41, 5.74) is 12.7. The first-order valence-electron chi connectivity index (χ1n) is 36.8. The van der Waals surface area contributed by atoms with Crippen LogP contribution in [0.4, 0.5) is 0 Å². The van der Waals surface area contributed by atoms with E-state index in [2.05, 4.69) is 236 Å². The Hall–Kier alpha value is -8.22. The summed E-state index contributed by atoms with van der Waals surface area (Å²) in [6.07, 6.45) is 2.65. The second-order valence-electron chi connectivity index (χ2n) is 37.2. The summed E-state index contributed by atoms with van der Waals surface area (Å²) >= 11 is 0. The van der Waals surface area contributed by atoms with Gasteiger partial charge in [-0.2, -0.15) is 8.42 Å². The van der Waals surface area contributed by atoms with Crippen LogP contribution in [-0.2, 0) is 99.1 Å². The normalized spacial score (nSPS) is 18.2. The Labute approximate surface area is 606 Å². The highest BCUT2D eigenvalue weighted by Crippen LogP contribution is 2.64. The predicted octanol–water partition coefficient (Wildman–Crippen LogP) is 20.1. The lowest BCUT2D eigenvalue weighted by atomic mass is 9.70. The first-order chi connectivity index (χ1) is 47.3. The molecule has 2 saturated carbocycles. The third-order valence-electron chi connectivity index (χ3n) is 23.1. The van der Waals surface area contributed by atoms with Crippen LogP contribution in [0.2, 0.25) is 0 Å². The zero-order valence-electron chi connectivity index (χ0n) is 64.0. The molecule has 0 radical (unpaired) electrons. The summed E-state index contributed by atoms with van der Waals surface area (Å²) in [6, 6.07) is 37.8. The molecule has 12 heteroatoms. The van der Waals surface area contributed by atoms with Gasteiger partial charge in [-0.15, -0.1) is 0 Å². The molecule has 9 aromatic rings. The number of phenolic OH excluding ortho intramolecular Hbond substituents is 3. The topological polar surface area (TPSA) is 165 Å². The van der Waals surface area contributed by atoms with Crippen molar-refractivity contribution in [1.29, 1.82) is 0 Å².